The average molecular weight is 289 g/mol. The predicted octanol–water partition coefficient (Wildman–Crippen LogP) is 2.26. The van der Waals surface area contributed by atoms with E-state index >= 15 is 0 Å². The van der Waals surface area contributed by atoms with Crippen LogP contribution >= 0.6 is 0 Å². The highest BCUT2D eigenvalue weighted by molar-refractivity contribution is 5.94. The van der Waals surface area contributed by atoms with Gasteiger partial charge in [-0.05, 0) is 42.0 Å². The number of methoxy groups -OCH3 is 1. The number of amides is 1. The third kappa shape index (κ3) is 3.79. The van der Waals surface area contributed by atoms with E-state index in [-0.39, 0.29) is 24.6 Å². The zero-order chi connectivity index (χ0) is 15.2. The number of carbonyl (C=O) groups is 1. The summed E-state index contributed by atoms with van der Waals surface area (Å²) < 4.78 is 18.3. The summed E-state index contributed by atoms with van der Waals surface area (Å²) in [5.41, 5.74) is 1.45. The summed E-state index contributed by atoms with van der Waals surface area (Å²) in [4.78, 5) is 12.0. The molecule has 5 heteroatoms. The van der Waals surface area contributed by atoms with Crippen LogP contribution in [0.3, 0.4) is 0 Å². The Labute approximate surface area is 122 Å². The fraction of sp³-hybridized carbons (Fsp3) is 0.188. The molecule has 2 aromatic carbocycles. The van der Waals surface area contributed by atoms with Crippen molar-refractivity contribution in [3.05, 3.63) is 65.0 Å². The number of halogens is 1. The molecule has 0 bridgehead atoms. The Morgan fingerprint density at radius 1 is 1.24 bits per heavy atom. The van der Waals surface area contributed by atoms with Gasteiger partial charge in [0.1, 0.15) is 11.6 Å². The van der Waals surface area contributed by atoms with Crippen molar-refractivity contribution in [2.45, 2.75) is 13.2 Å². The van der Waals surface area contributed by atoms with Crippen molar-refractivity contribution in [1.29, 1.82) is 0 Å². The minimum Gasteiger partial charge on any atom is -0.497 e. The van der Waals surface area contributed by atoms with Gasteiger partial charge in [0.15, 0.2) is 0 Å². The van der Waals surface area contributed by atoms with Gasteiger partial charge < -0.3 is 15.2 Å². The Kier molecular flexibility index (Phi) is 4.90. The van der Waals surface area contributed by atoms with Crippen LogP contribution in [0.5, 0.6) is 5.75 Å². The first kappa shape index (κ1) is 15.0. The summed E-state index contributed by atoms with van der Waals surface area (Å²) in [5.74, 6) is -0.00655. The van der Waals surface area contributed by atoms with E-state index in [1.54, 1.807) is 37.4 Å². The number of aliphatic hydroxyl groups is 1. The standard InChI is InChI=1S/C16H16FNO3/c1-21-14-5-3-12(4-6-14)16(20)18-9-11-2-7-15(17)13(8-11)10-19/h2-8,19H,9-10H2,1H3,(H,18,20). The van der Waals surface area contributed by atoms with Crippen molar-refractivity contribution in [2.75, 3.05) is 7.11 Å². The first-order valence-electron chi connectivity index (χ1n) is 6.44. The van der Waals surface area contributed by atoms with Crippen molar-refractivity contribution in [3.8, 4) is 5.75 Å². The highest BCUT2D eigenvalue weighted by Crippen LogP contribution is 2.12. The van der Waals surface area contributed by atoms with Gasteiger partial charge in [0.25, 0.3) is 5.91 Å². The Hall–Kier alpha value is -2.40. The maximum atomic E-state index is 13.2. The molecule has 110 valence electrons. The summed E-state index contributed by atoms with van der Waals surface area (Å²) in [7, 11) is 1.56. The Bertz CT molecular complexity index is 626. The summed E-state index contributed by atoms with van der Waals surface area (Å²) in [6.07, 6.45) is 0. The quantitative estimate of drug-likeness (QED) is 0.887. The minimum absolute atomic E-state index is 0.214. The Morgan fingerprint density at radius 3 is 2.57 bits per heavy atom. The van der Waals surface area contributed by atoms with Crippen molar-refractivity contribution in [3.63, 3.8) is 0 Å². The molecule has 0 radical (unpaired) electrons. The molecule has 0 saturated heterocycles. The SMILES string of the molecule is COc1ccc(C(=O)NCc2ccc(F)c(CO)c2)cc1. The van der Waals surface area contributed by atoms with Crippen molar-refractivity contribution >= 4 is 5.91 Å². The molecule has 0 aliphatic rings. The van der Waals surface area contributed by atoms with Crippen LogP contribution in [-0.4, -0.2) is 18.1 Å². The van der Waals surface area contributed by atoms with E-state index in [0.717, 1.165) is 5.56 Å². The summed E-state index contributed by atoms with van der Waals surface area (Å²) in [6, 6.07) is 11.1. The van der Waals surface area contributed by atoms with Gasteiger partial charge in [0, 0.05) is 17.7 Å². The second-order valence-electron chi connectivity index (χ2n) is 4.50. The van der Waals surface area contributed by atoms with Crippen LogP contribution in [0.4, 0.5) is 4.39 Å². The second-order valence-corrected chi connectivity index (χ2v) is 4.50. The number of hydrogen-bond donors (Lipinski definition) is 2. The summed E-state index contributed by atoms with van der Waals surface area (Å²) >= 11 is 0. The minimum atomic E-state index is -0.456. The van der Waals surface area contributed by atoms with Crippen LogP contribution in [0.25, 0.3) is 0 Å². The van der Waals surface area contributed by atoms with Crippen LogP contribution in [0.15, 0.2) is 42.5 Å². The fourth-order valence-corrected chi connectivity index (χ4v) is 1.89. The van der Waals surface area contributed by atoms with Crippen LogP contribution in [0, 0.1) is 5.82 Å². The van der Waals surface area contributed by atoms with Gasteiger partial charge in [-0.2, -0.15) is 0 Å². The van der Waals surface area contributed by atoms with Gasteiger partial charge >= 0.3 is 0 Å². The lowest BCUT2D eigenvalue weighted by molar-refractivity contribution is 0.0951. The first-order valence-corrected chi connectivity index (χ1v) is 6.44. The van der Waals surface area contributed by atoms with Crippen LogP contribution in [0.1, 0.15) is 21.5 Å². The van der Waals surface area contributed by atoms with Crippen molar-refractivity contribution in [2.24, 2.45) is 0 Å². The van der Waals surface area contributed by atoms with Gasteiger partial charge in [0.05, 0.1) is 13.7 Å². The van der Waals surface area contributed by atoms with E-state index in [9.17, 15) is 9.18 Å². The zero-order valence-corrected chi connectivity index (χ0v) is 11.6. The lowest BCUT2D eigenvalue weighted by Gasteiger charge is -2.08. The number of ether oxygens (including phenoxy) is 1. The second kappa shape index (κ2) is 6.85. The number of rotatable bonds is 5. The molecule has 2 rings (SSSR count). The average Bonchev–Trinajstić information content (AvgIpc) is 2.53. The third-order valence-corrected chi connectivity index (χ3v) is 3.09. The molecule has 0 unspecified atom stereocenters. The molecular weight excluding hydrogens is 273 g/mol. The molecule has 0 heterocycles. The largest absolute Gasteiger partial charge is 0.497 e. The van der Waals surface area contributed by atoms with E-state index in [0.29, 0.717) is 11.3 Å². The number of nitrogens with one attached hydrogen (secondary N) is 1. The molecule has 2 aromatic rings. The molecule has 21 heavy (non-hydrogen) atoms. The van der Waals surface area contributed by atoms with Gasteiger partial charge in [-0.15, -0.1) is 0 Å². The number of carbonyl (C=O) groups excluding carboxylic acids is 1. The van der Waals surface area contributed by atoms with Gasteiger partial charge in [0.2, 0.25) is 0 Å². The highest BCUT2D eigenvalue weighted by atomic mass is 19.1. The van der Waals surface area contributed by atoms with Crippen molar-refractivity contribution < 1.29 is 19.0 Å². The molecule has 0 aromatic heterocycles. The lowest BCUT2D eigenvalue weighted by Crippen LogP contribution is -2.22. The van der Waals surface area contributed by atoms with Crippen LogP contribution in [-0.2, 0) is 13.2 Å². The molecule has 0 aliphatic heterocycles. The summed E-state index contributed by atoms with van der Waals surface area (Å²) in [6.45, 7) is -0.107. The van der Waals surface area contributed by atoms with E-state index in [1.165, 1.54) is 12.1 Å². The molecule has 0 spiro atoms. The van der Waals surface area contributed by atoms with Crippen LogP contribution < -0.4 is 10.1 Å². The lowest BCUT2D eigenvalue weighted by atomic mass is 10.1. The molecule has 4 nitrogen and oxygen atoms in total. The smallest absolute Gasteiger partial charge is 0.251 e. The Morgan fingerprint density at radius 2 is 1.95 bits per heavy atom. The molecule has 1 amide bonds. The van der Waals surface area contributed by atoms with Crippen molar-refractivity contribution in [1.82, 2.24) is 5.32 Å². The molecule has 0 saturated carbocycles. The topological polar surface area (TPSA) is 58.6 Å². The van der Waals surface area contributed by atoms with Gasteiger partial charge in [-0.1, -0.05) is 6.07 Å². The van der Waals surface area contributed by atoms with E-state index < -0.39 is 5.82 Å². The van der Waals surface area contributed by atoms with E-state index in [1.807, 2.05) is 0 Å². The van der Waals surface area contributed by atoms with E-state index in [2.05, 4.69) is 5.32 Å². The highest BCUT2D eigenvalue weighted by Gasteiger charge is 2.07. The third-order valence-electron chi connectivity index (χ3n) is 3.09. The normalized spacial score (nSPS) is 10.2. The number of hydrogen-bond acceptors (Lipinski definition) is 3. The first-order chi connectivity index (χ1) is 10.1. The van der Waals surface area contributed by atoms with Gasteiger partial charge in [-0.3, -0.25) is 4.79 Å². The Balaban J connectivity index is 2.00. The predicted molar refractivity (Wildman–Crippen MR) is 76.5 cm³/mol. The molecule has 2 N–H and O–H groups in total. The van der Waals surface area contributed by atoms with Crippen LogP contribution in [0.2, 0.25) is 0 Å². The maximum absolute atomic E-state index is 13.2. The molecular formula is C16H16FNO3. The number of benzene rings is 2. The molecule has 0 fully saturated rings. The molecule has 0 atom stereocenters. The fourth-order valence-electron chi connectivity index (χ4n) is 1.89. The zero-order valence-electron chi connectivity index (χ0n) is 11.6. The molecule has 0 aliphatic carbocycles. The monoisotopic (exact) mass is 289 g/mol. The van der Waals surface area contributed by atoms with Gasteiger partial charge in [-0.25, -0.2) is 4.39 Å². The number of aliphatic hydroxyl groups excluding tert-OH is 1. The van der Waals surface area contributed by atoms with E-state index in [4.69, 9.17) is 9.84 Å². The maximum Gasteiger partial charge on any atom is 0.251 e. The summed E-state index contributed by atoms with van der Waals surface area (Å²) in [5, 5.41) is 11.7.